The molecule has 5 heteroatoms. The maximum atomic E-state index is 11.7. The number of benzene rings is 1. The van der Waals surface area contributed by atoms with Gasteiger partial charge in [-0.15, -0.1) is 0 Å². The predicted molar refractivity (Wildman–Crippen MR) is 74.2 cm³/mol. The Kier molecular flexibility index (Phi) is 3.09. The van der Waals surface area contributed by atoms with Crippen molar-refractivity contribution < 1.29 is 4.74 Å². The molecule has 0 radical (unpaired) electrons. The van der Waals surface area contributed by atoms with Gasteiger partial charge < -0.3 is 15.0 Å². The lowest BCUT2D eigenvalue weighted by molar-refractivity contribution is 0.223. The molecule has 0 amide bonds. The van der Waals surface area contributed by atoms with Gasteiger partial charge in [-0.25, -0.2) is 0 Å². The number of hydrogen-bond donors (Lipinski definition) is 2. The third-order valence-electron chi connectivity index (χ3n) is 3.14. The van der Waals surface area contributed by atoms with Crippen LogP contribution < -0.4 is 15.6 Å². The normalized spacial score (nSPS) is 19.3. The summed E-state index contributed by atoms with van der Waals surface area (Å²) in [4.78, 5) is 14.3. The summed E-state index contributed by atoms with van der Waals surface area (Å²) in [7, 11) is 0. The maximum absolute atomic E-state index is 11.7. The van der Waals surface area contributed by atoms with Crippen molar-refractivity contribution in [2.24, 2.45) is 0 Å². The molecule has 1 saturated heterocycles. The molecule has 1 aliphatic heterocycles. The topological polar surface area (TPSA) is 54.1 Å². The van der Waals surface area contributed by atoms with Crippen LogP contribution in [0.15, 0.2) is 33.7 Å². The average Bonchev–Trinajstić information content (AvgIpc) is 2.87. The van der Waals surface area contributed by atoms with Crippen molar-refractivity contribution in [1.29, 1.82) is 0 Å². The van der Waals surface area contributed by atoms with Crippen molar-refractivity contribution in [2.45, 2.75) is 12.5 Å². The van der Waals surface area contributed by atoms with Crippen molar-refractivity contribution in [3.05, 3.63) is 39.2 Å². The minimum atomic E-state index is -0.0812. The van der Waals surface area contributed by atoms with E-state index in [0.29, 0.717) is 5.39 Å². The van der Waals surface area contributed by atoms with E-state index in [1.807, 2.05) is 12.1 Å². The number of pyridine rings is 1. The Morgan fingerprint density at radius 3 is 3.00 bits per heavy atom. The number of rotatable bonds is 2. The SMILES string of the molecule is O=c1[nH]cc(Br)c2cc(O[C@H]3CCNC3)ccc12. The molecule has 3 rings (SSSR count). The molecule has 1 fully saturated rings. The highest BCUT2D eigenvalue weighted by atomic mass is 79.9. The third kappa shape index (κ3) is 2.15. The molecular formula is C13H13BrN2O2. The number of aromatic amines is 1. The standard InChI is InChI=1S/C13H13BrN2O2/c14-12-7-16-13(17)10-2-1-8(5-11(10)12)18-9-3-4-15-6-9/h1-2,5,7,9,15H,3-4,6H2,(H,16,17)/t9-/m0/s1. The highest BCUT2D eigenvalue weighted by Crippen LogP contribution is 2.25. The highest BCUT2D eigenvalue weighted by Gasteiger charge is 2.16. The Bertz CT molecular complexity index is 632. The van der Waals surface area contributed by atoms with Crippen LogP contribution in [-0.2, 0) is 0 Å². The van der Waals surface area contributed by atoms with Gasteiger partial charge in [0.25, 0.3) is 5.56 Å². The molecule has 2 aromatic rings. The van der Waals surface area contributed by atoms with Gasteiger partial charge in [0.05, 0.1) is 0 Å². The van der Waals surface area contributed by atoms with Gasteiger partial charge in [0.15, 0.2) is 0 Å². The third-order valence-corrected chi connectivity index (χ3v) is 3.80. The van der Waals surface area contributed by atoms with Gasteiger partial charge in [0.2, 0.25) is 0 Å². The van der Waals surface area contributed by atoms with Gasteiger partial charge >= 0.3 is 0 Å². The van der Waals surface area contributed by atoms with E-state index >= 15 is 0 Å². The zero-order valence-electron chi connectivity index (χ0n) is 9.70. The van der Waals surface area contributed by atoms with E-state index in [1.165, 1.54) is 0 Å². The van der Waals surface area contributed by atoms with Crippen molar-refractivity contribution in [2.75, 3.05) is 13.1 Å². The highest BCUT2D eigenvalue weighted by molar-refractivity contribution is 9.10. The van der Waals surface area contributed by atoms with E-state index in [-0.39, 0.29) is 11.7 Å². The Morgan fingerprint density at radius 2 is 2.22 bits per heavy atom. The fourth-order valence-corrected chi connectivity index (χ4v) is 2.64. The first-order valence-corrected chi connectivity index (χ1v) is 6.71. The zero-order chi connectivity index (χ0) is 12.5. The number of aromatic nitrogens is 1. The van der Waals surface area contributed by atoms with E-state index < -0.39 is 0 Å². The summed E-state index contributed by atoms with van der Waals surface area (Å²) in [5.41, 5.74) is -0.0812. The summed E-state index contributed by atoms with van der Waals surface area (Å²) in [6.45, 7) is 1.89. The van der Waals surface area contributed by atoms with Crippen LogP contribution in [0.5, 0.6) is 5.75 Å². The van der Waals surface area contributed by atoms with E-state index in [2.05, 4.69) is 26.2 Å². The number of ether oxygens (including phenoxy) is 1. The number of H-pyrrole nitrogens is 1. The molecule has 0 spiro atoms. The molecule has 4 nitrogen and oxygen atoms in total. The summed E-state index contributed by atoms with van der Waals surface area (Å²) in [6, 6.07) is 5.56. The van der Waals surface area contributed by atoms with E-state index in [0.717, 1.165) is 35.1 Å². The van der Waals surface area contributed by atoms with Gasteiger partial charge in [-0.1, -0.05) is 0 Å². The summed E-state index contributed by atoms with van der Waals surface area (Å²) in [5, 5.41) is 4.81. The first-order chi connectivity index (χ1) is 8.74. The second-order valence-electron chi connectivity index (χ2n) is 4.41. The molecule has 0 bridgehead atoms. The number of fused-ring (bicyclic) bond motifs is 1. The maximum Gasteiger partial charge on any atom is 0.255 e. The van der Waals surface area contributed by atoms with Gasteiger partial charge in [-0.2, -0.15) is 0 Å². The lowest BCUT2D eigenvalue weighted by Crippen LogP contribution is -2.19. The molecule has 2 heterocycles. The molecule has 1 aliphatic rings. The second-order valence-corrected chi connectivity index (χ2v) is 5.26. The minimum absolute atomic E-state index is 0.0812. The van der Waals surface area contributed by atoms with Crippen molar-refractivity contribution in [3.63, 3.8) is 0 Å². The molecule has 18 heavy (non-hydrogen) atoms. The summed E-state index contributed by atoms with van der Waals surface area (Å²) < 4.78 is 6.75. The quantitative estimate of drug-likeness (QED) is 0.892. The van der Waals surface area contributed by atoms with Crippen LogP contribution >= 0.6 is 15.9 Å². The van der Waals surface area contributed by atoms with Crippen LogP contribution in [-0.4, -0.2) is 24.2 Å². The van der Waals surface area contributed by atoms with E-state index in [1.54, 1.807) is 12.3 Å². The van der Waals surface area contributed by atoms with Gasteiger partial charge in [0, 0.05) is 28.0 Å². The number of nitrogens with one attached hydrogen (secondary N) is 2. The molecule has 1 atom stereocenters. The first kappa shape index (κ1) is 11.7. The van der Waals surface area contributed by atoms with Crippen LogP contribution in [0.4, 0.5) is 0 Å². The van der Waals surface area contributed by atoms with Gasteiger partial charge in [-0.05, 0) is 47.1 Å². The fraction of sp³-hybridized carbons (Fsp3) is 0.308. The smallest absolute Gasteiger partial charge is 0.255 e. The predicted octanol–water partition coefficient (Wildman–Crippen LogP) is 2.03. The van der Waals surface area contributed by atoms with E-state index in [9.17, 15) is 4.79 Å². The molecule has 2 N–H and O–H groups in total. The summed E-state index contributed by atoms with van der Waals surface area (Å²) in [6.07, 6.45) is 2.91. The van der Waals surface area contributed by atoms with Gasteiger partial charge in [-0.3, -0.25) is 4.79 Å². The number of hydrogen-bond acceptors (Lipinski definition) is 3. The van der Waals surface area contributed by atoms with E-state index in [4.69, 9.17) is 4.74 Å². The Balaban J connectivity index is 1.99. The van der Waals surface area contributed by atoms with Crippen LogP contribution in [0.1, 0.15) is 6.42 Å². The van der Waals surface area contributed by atoms with Gasteiger partial charge in [0.1, 0.15) is 11.9 Å². The summed E-state index contributed by atoms with van der Waals surface area (Å²) >= 11 is 3.44. The second kappa shape index (κ2) is 4.74. The average molecular weight is 309 g/mol. The Morgan fingerprint density at radius 1 is 1.33 bits per heavy atom. The number of halogens is 1. The lowest BCUT2D eigenvalue weighted by atomic mass is 10.1. The van der Waals surface area contributed by atoms with Crippen molar-refractivity contribution >= 4 is 26.7 Å². The van der Waals surface area contributed by atoms with Crippen molar-refractivity contribution in [1.82, 2.24) is 10.3 Å². The largest absolute Gasteiger partial charge is 0.489 e. The molecule has 0 unspecified atom stereocenters. The van der Waals surface area contributed by atoms with Crippen LogP contribution in [0.25, 0.3) is 10.8 Å². The molecule has 0 saturated carbocycles. The summed E-state index contributed by atoms with van der Waals surface area (Å²) in [5.74, 6) is 0.808. The molecule has 1 aromatic heterocycles. The molecule has 0 aliphatic carbocycles. The van der Waals surface area contributed by atoms with Crippen LogP contribution in [0.2, 0.25) is 0 Å². The monoisotopic (exact) mass is 308 g/mol. The van der Waals surface area contributed by atoms with Crippen LogP contribution in [0.3, 0.4) is 0 Å². The Hall–Kier alpha value is -1.33. The first-order valence-electron chi connectivity index (χ1n) is 5.92. The zero-order valence-corrected chi connectivity index (χ0v) is 11.3. The minimum Gasteiger partial charge on any atom is -0.489 e. The van der Waals surface area contributed by atoms with Crippen molar-refractivity contribution in [3.8, 4) is 5.75 Å². The fourth-order valence-electron chi connectivity index (χ4n) is 2.20. The Labute approximate surface area is 112 Å². The molecule has 94 valence electrons. The molecular weight excluding hydrogens is 296 g/mol. The lowest BCUT2D eigenvalue weighted by Gasteiger charge is -2.13. The van der Waals surface area contributed by atoms with Crippen LogP contribution in [0, 0.1) is 0 Å². The molecule has 1 aromatic carbocycles.